The van der Waals surface area contributed by atoms with Crippen molar-refractivity contribution in [2.75, 3.05) is 25.6 Å². The molecule has 0 saturated heterocycles. The molecule has 0 fully saturated rings. The van der Waals surface area contributed by atoms with Crippen LogP contribution in [0.4, 0.5) is 10.1 Å². The number of methoxy groups -OCH3 is 1. The van der Waals surface area contributed by atoms with E-state index in [0.29, 0.717) is 13.0 Å². The lowest BCUT2D eigenvalue weighted by Crippen LogP contribution is -2.54. The minimum Gasteiger partial charge on any atom is -0.468 e. The minimum atomic E-state index is -0.739. The van der Waals surface area contributed by atoms with Gasteiger partial charge in [-0.15, -0.1) is 0 Å². The Balaban J connectivity index is 2.72. The van der Waals surface area contributed by atoms with E-state index in [1.807, 2.05) is 32.7 Å². The van der Waals surface area contributed by atoms with Gasteiger partial charge in [-0.05, 0) is 51.5 Å². The summed E-state index contributed by atoms with van der Waals surface area (Å²) in [5.41, 5.74) is 0.171. The molecule has 0 spiro atoms. The molecule has 0 heterocycles. The Morgan fingerprint density at radius 3 is 2.43 bits per heavy atom. The molecule has 0 radical (unpaired) electrons. The van der Waals surface area contributed by atoms with Gasteiger partial charge in [0.1, 0.15) is 11.4 Å². The Labute approximate surface area is 126 Å². The molecular formula is C16H25FN2O2. The van der Waals surface area contributed by atoms with Crippen LogP contribution in [0.15, 0.2) is 24.3 Å². The molecule has 0 saturated carbocycles. The predicted octanol–water partition coefficient (Wildman–Crippen LogP) is 2.58. The first-order valence-electron chi connectivity index (χ1n) is 7.11. The number of rotatable bonds is 7. The Morgan fingerprint density at radius 1 is 1.38 bits per heavy atom. The van der Waals surface area contributed by atoms with Gasteiger partial charge in [0.25, 0.3) is 0 Å². The summed E-state index contributed by atoms with van der Waals surface area (Å²) in [6, 6.07) is 6.47. The maximum Gasteiger partial charge on any atom is 0.325 e. The average molecular weight is 296 g/mol. The van der Waals surface area contributed by atoms with Crippen molar-refractivity contribution < 1.29 is 13.9 Å². The maximum absolute atomic E-state index is 12.9. The first kappa shape index (κ1) is 17.4. The molecule has 1 N–H and O–H groups in total. The van der Waals surface area contributed by atoms with Crippen molar-refractivity contribution in [1.82, 2.24) is 5.32 Å². The van der Waals surface area contributed by atoms with Gasteiger partial charge in [0.15, 0.2) is 0 Å². The summed E-state index contributed by atoms with van der Waals surface area (Å²) in [5, 5.41) is 3.26. The van der Waals surface area contributed by atoms with Crippen LogP contribution in [0.25, 0.3) is 0 Å². The lowest BCUT2D eigenvalue weighted by Gasteiger charge is -2.32. The van der Waals surface area contributed by atoms with Crippen molar-refractivity contribution >= 4 is 11.7 Å². The average Bonchev–Trinajstić information content (AvgIpc) is 2.44. The molecule has 1 unspecified atom stereocenters. The highest BCUT2D eigenvalue weighted by molar-refractivity contribution is 5.80. The predicted molar refractivity (Wildman–Crippen MR) is 83.0 cm³/mol. The van der Waals surface area contributed by atoms with Gasteiger partial charge >= 0.3 is 5.97 Å². The zero-order valence-corrected chi connectivity index (χ0v) is 13.4. The number of carbonyl (C=O) groups excluding carboxylic acids is 1. The fraction of sp³-hybridized carbons (Fsp3) is 0.562. The summed E-state index contributed by atoms with van der Waals surface area (Å²) in [6.07, 6.45) is 0.589. The lowest BCUT2D eigenvalue weighted by molar-refractivity contribution is -0.148. The number of anilines is 1. The van der Waals surface area contributed by atoms with E-state index >= 15 is 0 Å². The van der Waals surface area contributed by atoms with E-state index in [0.717, 1.165) is 5.69 Å². The maximum atomic E-state index is 12.9. The number of esters is 1. The number of hydrogen-bond donors (Lipinski definition) is 1. The number of nitrogens with one attached hydrogen (secondary N) is 1. The van der Waals surface area contributed by atoms with E-state index in [9.17, 15) is 9.18 Å². The summed E-state index contributed by atoms with van der Waals surface area (Å²) in [7, 11) is 3.31. The fourth-order valence-electron chi connectivity index (χ4n) is 2.31. The van der Waals surface area contributed by atoms with Crippen molar-refractivity contribution in [3.8, 4) is 0 Å². The second-order valence-corrected chi connectivity index (χ2v) is 5.77. The number of carbonyl (C=O) groups is 1. The topological polar surface area (TPSA) is 41.6 Å². The monoisotopic (exact) mass is 296 g/mol. The Kier molecular flexibility index (Phi) is 6.15. The third-order valence-electron chi connectivity index (χ3n) is 3.46. The number of benzene rings is 1. The van der Waals surface area contributed by atoms with Gasteiger partial charge in [-0.2, -0.15) is 0 Å². The van der Waals surface area contributed by atoms with E-state index in [1.54, 1.807) is 12.1 Å². The third-order valence-corrected chi connectivity index (χ3v) is 3.46. The molecule has 1 atom stereocenters. The molecule has 118 valence electrons. The molecule has 0 bridgehead atoms. The molecular weight excluding hydrogens is 271 g/mol. The summed E-state index contributed by atoms with van der Waals surface area (Å²) in [4.78, 5) is 14.0. The zero-order chi connectivity index (χ0) is 16.0. The summed E-state index contributed by atoms with van der Waals surface area (Å²) in [6.45, 7) is 6.48. The van der Waals surface area contributed by atoms with Crippen LogP contribution in [0.5, 0.6) is 0 Å². The van der Waals surface area contributed by atoms with Gasteiger partial charge in [-0.1, -0.05) is 0 Å². The van der Waals surface area contributed by atoms with E-state index in [4.69, 9.17) is 4.74 Å². The van der Waals surface area contributed by atoms with Crippen LogP contribution in [-0.2, 0) is 9.53 Å². The number of nitrogens with zero attached hydrogens (tertiary/aromatic N) is 1. The molecule has 0 aromatic heterocycles. The Bertz CT molecular complexity index is 462. The van der Waals surface area contributed by atoms with Crippen LogP contribution in [0.3, 0.4) is 0 Å². The first-order valence-corrected chi connectivity index (χ1v) is 7.11. The normalized spacial score (nSPS) is 13.9. The molecule has 4 nitrogen and oxygen atoms in total. The van der Waals surface area contributed by atoms with Crippen molar-refractivity contribution in [1.29, 1.82) is 0 Å². The molecule has 0 aliphatic rings. The van der Waals surface area contributed by atoms with Crippen LogP contribution in [0.1, 0.15) is 27.2 Å². The van der Waals surface area contributed by atoms with Crippen molar-refractivity contribution in [3.63, 3.8) is 0 Å². The van der Waals surface area contributed by atoms with Crippen LogP contribution in [0, 0.1) is 5.82 Å². The summed E-state index contributed by atoms with van der Waals surface area (Å²) in [5.74, 6) is -0.531. The SMILES string of the molecule is COC(=O)C(C)(CCN(C)c1ccc(F)cc1)NC(C)C. The van der Waals surface area contributed by atoms with Crippen LogP contribution in [0.2, 0.25) is 0 Å². The van der Waals surface area contributed by atoms with Gasteiger partial charge in [-0.3, -0.25) is 10.1 Å². The lowest BCUT2D eigenvalue weighted by atomic mass is 9.96. The van der Waals surface area contributed by atoms with Gasteiger partial charge in [0, 0.05) is 25.3 Å². The molecule has 1 rings (SSSR count). The number of ether oxygens (including phenoxy) is 1. The molecule has 1 aromatic rings. The first-order chi connectivity index (χ1) is 9.78. The highest BCUT2D eigenvalue weighted by Gasteiger charge is 2.34. The second-order valence-electron chi connectivity index (χ2n) is 5.77. The summed E-state index contributed by atoms with van der Waals surface area (Å²) >= 11 is 0. The van der Waals surface area contributed by atoms with Gasteiger partial charge in [0.05, 0.1) is 7.11 Å². The number of halogens is 1. The smallest absolute Gasteiger partial charge is 0.325 e. The van der Waals surface area contributed by atoms with Gasteiger partial charge in [-0.25, -0.2) is 4.39 Å². The quantitative estimate of drug-likeness (QED) is 0.785. The van der Waals surface area contributed by atoms with Gasteiger partial charge in [0.2, 0.25) is 0 Å². The molecule has 21 heavy (non-hydrogen) atoms. The number of hydrogen-bond acceptors (Lipinski definition) is 4. The minimum absolute atomic E-state index is 0.172. The fourth-order valence-corrected chi connectivity index (χ4v) is 2.31. The van der Waals surface area contributed by atoms with Crippen molar-refractivity contribution in [2.45, 2.75) is 38.8 Å². The van der Waals surface area contributed by atoms with E-state index < -0.39 is 5.54 Å². The highest BCUT2D eigenvalue weighted by Crippen LogP contribution is 2.18. The molecule has 0 aliphatic heterocycles. The van der Waals surface area contributed by atoms with Gasteiger partial charge < -0.3 is 9.64 Å². The highest BCUT2D eigenvalue weighted by atomic mass is 19.1. The van der Waals surface area contributed by atoms with E-state index in [1.165, 1.54) is 19.2 Å². The van der Waals surface area contributed by atoms with Crippen LogP contribution < -0.4 is 10.2 Å². The largest absolute Gasteiger partial charge is 0.468 e. The van der Waals surface area contributed by atoms with E-state index in [-0.39, 0.29) is 17.8 Å². The zero-order valence-electron chi connectivity index (χ0n) is 13.4. The molecule has 5 heteroatoms. The second kappa shape index (κ2) is 7.41. The van der Waals surface area contributed by atoms with Crippen molar-refractivity contribution in [2.24, 2.45) is 0 Å². The summed E-state index contributed by atoms with van der Waals surface area (Å²) < 4.78 is 17.8. The Hall–Kier alpha value is -1.62. The third kappa shape index (κ3) is 5.01. The van der Waals surface area contributed by atoms with Crippen LogP contribution in [-0.4, -0.2) is 38.3 Å². The van der Waals surface area contributed by atoms with Crippen molar-refractivity contribution in [3.05, 3.63) is 30.1 Å². The Morgan fingerprint density at radius 2 is 1.95 bits per heavy atom. The molecule has 0 amide bonds. The standard InChI is InChI=1S/C16H25FN2O2/c1-12(2)18-16(3,15(20)21-5)10-11-19(4)14-8-6-13(17)7-9-14/h6-9,12,18H,10-11H2,1-5H3. The molecule has 0 aliphatic carbocycles. The molecule has 1 aromatic carbocycles. The van der Waals surface area contributed by atoms with E-state index in [2.05, 4.69) is 5.32 Å². The van der Waals surface area contributed by atoms with Crippen LogP contribution >= 0.6 is 0 Å².